The SMILES string of the molecule is CC#CCN(CCC)CC(C)(C)CN. The molecule has 0 heterocycles. The zero-order valence-corrected chi connectivity index (χ0v) is 10.1. The summed E-state index contributed by atoms with van der Waals surface area (Å²) in [5.74, 6) is 6.05. The molecule has 0 spiro atoms. The summed E-state index contributed by atoms with van der Waals surface area (Å²) in [6.45, 7) is 12.2. The molecule has 2 heteroatoms. The predicted octanol–water partition coefficient (Wildman–Crippen LogP) is 1.71. The number of nitrogens with two attached hydrogens (primary N) is 1. The number of nitrogens with zero attached hydrogens (tertiary/aromatic N) is 1. The maximum Gasteiger partial charge on any atom is 0.0601 e. The van der Waals surface area contributed by atoms with Gasteiger partial charge in [0.1, 0.15) is 0 Å². The lowest BCUT2D eigenvalue weighted by atomic mass is 9.93. The van der Waals surface area contributed by atoms with Gasteiger partial charge in [0, 0.05) is 6.54 Å². The van der Waals surface area contributed by atoms with Crippen LogP contribution in [0.15, 0.2) is 0 Å². The Kier molecular flexibility index (Phi) is 6.61. The Morgan fingerprint density at radius 3 is 2.43 bits per heavy atom. The zero-order valence-electron chi connectivity index (χ0n) is 10.1. The zero-order chi connectivity index (χ0) is 11.0. The van der Waals surface area contributed by atoms with Crippen molar-refractivity contribution in [1.82, 2.24) is 4.90 Å². The Hall–Kier alpha value is -0.520. The van der Waals surface area contributed by atoms with E-state index in [1.165, 1.54) is 6.42 Å². The van der Waals surface area contributed by atoms with Gasteiger partial charge in [-0.2, -0.15) is 0 Å². The number of rotatable bonds is 6. The molecule has 0 amide bonds. The molecule has 0 radical (unpaired) electrons. The largest absolute Gasteiger partial charge is 0.330 e. The first-order valence-electron chi connectivity index (χ1n) is 5.37. The molecule has 0 unspecified atom stereocenters. The third kappa shape index (κ3) is 6.01. The quantitative estimate of drug-likeness (QED) is 0.655. The summed E-state index contributed by atoms with van der Waals surface area (Å²) in [6.07, 6.45) is 1.17. The normalized spacial score (nSPS) is 11.3. The molecule has 0 saturated carbocycles. The van der Waals surface area contributed by atoms with Crippen molar-refractivity contribution in [3.63, 3.8) is 0 Å². The van der Waals surface area contributed by atoms with E-state index in [1.54, 1.807) is 0 Å². The second kappa shape index (κ2) is 6.86. The molecule has 0 aromatic heterocycles. The van der Waals surface area contributed by atoms with Crippen molar-refractivity contribution in [3.05, 3.63) is 0 Å². The minimum absolute atomic E-state index is 0.199. The minimum Gasteiger partial charge on any atom is -0.330 e. The second-order valence-corrected chi connectivity index (χ2v) is 4.51. The lowest BCUT2D eigenvalue weighted by Crippen LogP contribution is -2.39. The Morgan fingerprint density at radius 1 is 1.36 bits per heavy atom. The van der Waals surface area contributed by atoms with Gasteiger partial charge >= 0.3 is 0 Å². The van der Waals surface area contributed by atoms with E-state index in [0.717, 1.165) is 26.2 Å². The highest BCUT2D eigenvalue weighted by Crippen LogP contribution is 2.14. The van der Waals surface area contributed by atoms with Crippen LogP contribution in [0.1, 0.15) is 34.1 Å². The third-order valence-corrected chi connectivity index (χ3v) is 2.22. The Balaban J connectivity index is 4.11. The maximum atomic E-state index is 5.72. The van der Waals surface area contributed by atoms with Gasteiger partial charge in [0.05, 0.1) is 6.54 Å². The van der Waals surface area contributed by atoms with Crippen LogP contribution in [0.5, 0.6) is 0 Å². The first kappa shape index (κ1) is 13.5. The molecule has 0 fully saturated rings. The minimum atomic E-state index is 0.199. The van der Waals surface area contributed by atoms with Gasteiger partial charge in [-0.1, -0.05) is 26.7 Å². The Labute approximate surface area is 88.9 Å². The molecule has 82 valence electrons. The fourth-order valence-electron chi connectivity index (χ4n) is 1.39. The summed E-state index contributed by atoms with van der Waals surface area (Å²) >= 11 is 0. The lowest BCUT2D eigenvalue weighted by Gasteiger charge is -2.30. The van der Waals surface area contributed by atoms with Crippen molar-refractivity contribution in [3.8, 4) is 11.8 Å². The van der Waals surface area contributed by atoms with Crippen molar-refractivity contribution in [2.24, 2.45) is 11.1 Å². The van der Waals surface area contributed by atoms with Gasteiger partial charge in [-0.3, -0.25) is 4.90 Å². The van der Waals surface area contributed by atoms with Gasteiger partial charge in [0.15, 0.2) is 0 Å². The van der Waals surface area contributed by atoms with E-state index in [-0.39, 0.29) is 5.41 Å². The van der Waals surface area contributed by atoms with Gasteiger partial charge in [0.2, 0.25) is 0 Å². The molecule has 0 atom stereocenters. The summed E-state index contributed by atoms with van der Waals surface area (Å²) in [6, 6.07) is 0. The summed E-state index contributed by atoms with van der Waals surface area (Å²) < 4.78 is 0. The van der Waals surface area contributed by atoms with Gasteiger partial charge < -0.3 is 5.73 Å². The summed E-state index contributed by atoms with van der Waals surface area (Å²) in [7, 11) is 0. The van der Waals surface area contributed by atoms with Crippen LogP contribution in [0.25, 0.3) is 0 Å². The van der Waals surface area contributed by atoms with Crippen molar-refractivity contribution in [1.29, 1.82) is 0 Å². The van der Waals surface area contributed by atoms with E-state index in [2.05, 4.69) is 37.5 Å². The average molecular weight is 196 g/mol. The number of hydrogen-bond donors (Lipinski definition) is 1. The van der Waals surface area contributed by atoms with Crippen molar-refractivity contribution in [2.45, 2.75) is 34.1 Å². The number of hydrogen-bond acceptors (Lipinski definition) is 2. The van der Waals surface area contributed by atoms with Crippen LogP contribution >= 0.6 is 0 Å². The van der Waals surface area contributed by atoms with Crippen LogP contribution in [0.4, 0.5) is 0 Å². The highest BCUT2D eigenvalue weighted by Gasteiger charge is 2.18. The maximum absolute atomic E-state index is 5.72. The summed E-state index contributed by atoms with van der Waals surface area (Å²) in [5.41, 5.74) is 5.92. The molecule has 0 saturated heterocycles. The first-order chi connectivity index (χ1) is 6.55. The van der Waals surface area contributed by atoms with Crippen LogP contribution in [-0.2, 0) is 0 Å². The van der Waals surface area contributed by atoms with Gasteiger partial charge in [-0.05, 0) is 31.8 Å². The van der Waals surface area contributed by atoms with Crippen LogP contribution < -0.4 is 5.73 Å². The summed E-state index contributed by atoms with van der Waals surface area (Å²) in [5, 5.41) is 0. The van der Waals surface area contributed by atoms with E-state index in [1.807, 2.05) is 6.92 Å². The topological polar surface area (TPSA) is 29.3 Å². The molecule has 0 aliphatic carbocycles. The molecule has 2 N–H and O–H groups in total. The lowest BCUT2D eigenvalue weighted by molar-refractivity contribution is 0.201. The van der Waals surface area contributed by atoms with Crippen molar-refractivity contribution in [2.75, 3.05) is 26.2 Å². The second-order valence-electron chi connectivity index (χ2n) is 4.51. The molecule has 0 bridgehead atoms. The van der Waals surface area contributed by atoms with E-state index in [4.69, 9.17) is 5.73 Å². The molecule has 0 aliphatic heterocycles. The highest BCUT2D eigenvalue weighted by molar-refractivity contribution is 4.98. The highest BCUT2D eigenvalue weighted by atomic mass is 15.1. The molecular weight excluding hydrogens is 172 g/mol. The fourth-order valence-corrected chi connectivity index (χ4v) is 1.39. The van der Waals surface area contributed by atoms with Gasteiger partial charge in [-0.15, -0.1) is 5.92 Å². The van der Waals surface area contributed by atoms with E-state index in [0.29, 0.717) is 0 Å². The van der Waals surface area contributed by atoms with E-state index < -0.39 is 0 Å². The average Bonchev–Trinajstić information content (AvgIpc) is 2.14. The standard InChI is InChI=1S/C12H24N2/c1-5-7-9-14(8-6-2)11-12(3,4)10-13/h6,8-11,13H2,1-4H3. The van der Waals surface area contributed by atoms with Crippen LogP contribution in [0, 0.1) is 17.3 Å². The molecule has 0 aliphatic rings. The fraction of sp³-hybridized carbons (Fsp3) is 0.833. The van der Waals surface area contributed by atoms with E-state index >= 15 is 0 Å². The van der Waals surface area contributed by atoms with Crippen molar-refractivity contribution < 1.29 is 0 Å². The van der Waals surface area contributed by atoms with Crippen LogP contribution in [0.2, 0.25) is 0 Å². The molecule has 0 rings (SSSR count). The molecule has 14 heavy (non-hydrogen) atoms. The van der Waals surface area contributed by atoms with Crippen LogP contribution in [-0.4, -0.2) is 31.1 Å². The Bertz CT molecular complexity index is 198. The summed E-state index contributed by atoms with van der Waals surface area (Å²) in [4.78, 5) is 2.38. The molecule has 0 aromatic rings. The van der Waals surface area contributed by atoms with Crippen LogP contribution in [0.3, 0.4) is 0 Å². The first-order valence-corrected chi connectivity index (χ1v) is 5.37. The Morgan fingerprint density at radius 2 is 2.00 bits per heavy atom. The monoisotopic (exact) mass is 196 g/mol. The third-order valence-electron chi connectivity index (χ3n) is 2.22. The molecular formula is C12H24N2. The van der Waals surface area contributed by atoms with Crippen molar-refractivity contribution >= 4 is 0 Å². The van der Waals surface area contributed by atoms with E-state index in [9.17, 15) is 0 Å². The van der Waals surface area contributed by atoms with Gasteiger partial charge in [0.25, 0.3) is 0 Å². The smallest absolute Gasteiger partial charge is 0.0601 e. The molecule has 2 nitrogen and oxygen atoms in total. The molecule has 0 aromatic carbocycles. The predicted molar refractivity (Wildman–Crippen MR) is 63.0 cm³/mol. The van der Waals surface area contributed by atoms with Gasteiger partial charge in [-0.25, -0.2) is 0 Å².